The smallest absolute Gasteiger partial charge is 0.270 e. The number of carbonyl (C=O) groups is 2. The number of nitro groups is 1. The first-order chi connectivity index (χ1) is 16.3. The Hall–Kier alpha value is -3.56. The molecule has 0 bridgehead atoms. The maximum Gasteiger partial charge on any atom is 0.270 e. The Balaban J connectivity index is 1.70. The third-order valence-corrected chi connectivity index (χ3v) is 6.37. The number of nitro benzene ring substituents is 1. The zero-order chi connectivity index (χ0) is 24.7. The van der Waals surface area contributed by atoms with Crippen molar-refractivity contribution in [1.29, 1.82) is 0 Å². The molecule has 0 heterocycles. The molecule has 2 amide bonds. The van der Waals surface area contributed by atoms with Gasteiger partial charge in [0, 0.05) is 33.3 Å². The number of hydrogen-bond acceptors (Lipinski definition) is 6. The van der Waals surface area contributed by atoms with Gasteiger partial charge in [-0.1, -0.05) is 30.7 Å². The maximum atomic E-state index is 12.9. The zero-order valence-corrected chi connectivity index (χ0v) is 20.0. The Bertz CT molecular complexity index is 1220. The second-order valence-corrected chi connectivity index (χ2v) is 8.85. The molecule has 0 aliphatic carbocycles. The molecule has 0 spiro atoms. The van der Waals surface area contributed by atoms with Crippen LogP contribution in [0, 0.1) is 10.1 Å². The Morgan fingerprint density at radius 3 is 2.56 bits per heavy atom. The first-order valence-corrected chi connectivity index (χ1v) is 11.5. The lowest BCUT2D eigenvalue weighted by Gasteiger charge is -2.17. The van der Waals surface area contributed by atoms with E-state index in [1.165, 1.54) is 43.1 Å². The van der Waals surface area contributed by atoms with Gasteiger partial charge < -0.3 is 15.4 Å². The van der Waals surface area contributed by atoms with Gasteiger partial charge in [-0.3, -0.25) is 19.7 Å². The molecule has 176 valence electrons. The van der Waals surface area contributed by atoms with Gasteiger partial charge >= 0.3 is 0 Å². The quantitative estimate of drug-likeness (QED) is 0.211. The number of ether oxygens (including phenoxy) is 1. The van der Waals surface area contributed by atoms with Crippen LogP contribution in [0.15, 0.2) is 71.6 Å². The van der Waals surface area contributed by atoms with E-state index < -0.39 is 16.1 Å². The summed E-state index contributed by atoms with van der Waals surface area (Å²) >= 11 is 7.40. The molecule has 0 saturated carbocycles. The van der Waals surface area contributed by atoms with Gasteiger partial charge in [0.25, 0.3) is 11.6 Å². The lowest BCUT2D eigenvalue weighted by molar-refractivity contribution is -0.384. The Kier molecular flexibility index (Phi) is 8.50. The molecule has 0 aromatic heterocycles. The molecule has 3 rings (SSSR count). The number of rotatable bonds is 9. The fourth-order valence-electron chi connectivity index (χ4n) is 3.09. The third kappa shape index (κ3) is 6.49. The standard InChI is InChI=1S/C24H22ClN3O5S/c1-3-22(24(30)27-20-13-16(25)10-11-21(20)33-2)34-19-9-5-7-17(14-19)26-23(29)15-6-4-8-18(12-15)28(31)32/h4-14,22H,3H2,1-2H3,(H,26,29)(H,27,30). The van der Waals surface area contributed by atoms with Crippen molar-refractivity contribution >= 4 is 52.2 Å². The van der Waals surface area contributed by atoms with Gasteiger partial charge in [0.15, 0.2) is 0 Å². The van der Waals surface area contributed by atoms with Gasteiger partial charge in [-0.25, -0.2) is 0 Å². The molecule has 0 radical (unpaired) electrons. The highest BCUT2D eigenvalue weighted by Crippen LogP contribution is 2.31. The first kappa shape index (κ1) is 25.1. The molecule has 3 aromatic rings. The minimum atomic E-state index is -0.553. The fraction of sp³-hybridized carbons (Fsp3) is 0.167. The van der Waals surface area contributed by atoms with Crippen LogP contribution in [0.1, 0.15) is 23.7 Å². The van der Waals surface area contributed by atoms with Gasteiger partial charge in [-0.2, -0.15) is 0 Å². The number of nitrogens with zero attached hydrogens (tertiary/aromatic N) is 1. The van der Waals surface area contributed by atoms with Crippen molar-refractivity contribution < 1.29 is 19.2 Å². The summed E-state index contributed by atoms with van der Waals surface area (Å²) in [7, 11) is 1.51. The average molecular weight is 500 g/mol. The third-order valence-electron chi connectivity index (χ3n) is 4.77. The molecule has 0 fully saturated rings. The number of methoxy groups -OCH3 is 1. The second kappa shape index (κ2) is 11.5. The molecule has 1 unspecified atom stereocenters. The van der Waals surface area contributed by atoms with E-state index in [0.29, 0.717) is 28.6 Å². The van der Waals surface area contributed by atoms with E-state index in [4.69, 9.17) is 16.3 Å². The Morgan fingerprint density at radius 1 is 1.09 bits per heavy atom. The highest BCUT2D eigenvalue weighted by Gasteiger charge is 2.20. The van der Waals surface area contributed by atoms with E-state index >= 15 is 0 Å². The minimum Gasteiger partial charge on any atom is -0.495 e. The van der Waals surface area contributed by atoms with Crippen molar-refractivity contribution in [3.8, 4) is 5.75 Å². The van der Waals surface area contributed by atoms with E-state index in [9.17, 15) is 19.7 Å². The molecule has 0 saturated heterocycles. The number of amides is 2. The number of benzene rings is 3. The second-order valence-electron chi connectivity index (χ2n) is 7.14. The molecule has 3 aromatic carbocycles. The molecular formula is C24H22ClN3O5S. The molecule has 1 atom stereocenters. The predicted molar refractivity (Wildman–Crippen MR) is 134 cm³/mol. The summed E-state index contributed by atoms with van der Waals surface area (Å²) in [6.07, 6.45) is 0.559. The summed E-state index contributed by atoms with van der Waals surface area (Å²) in [6, 6.07) is 17.5. The largest absolute Gasteiger partial charge is 0.495 e. The lowest BCUT2D eigenvalue weighted by Crippen LogP contribution is -2.24. The summed E-state index contributed by atoms with van der Waals surface area (Å²) in [5.74, 6) is -0.175. The SMILES string of the molecule is CCC(Sc1cccc(NC(=O)c2cccc([N+](=O)[O-])c2)c1)C(=O)Nc1cc(Cl)ccc1OC. The van der Waals surface area contributed by atoms with Crippen LogP contribution in [-0.2, 0) is 4.79 Å². The van der Waals surface area contributed by atoms with Crippen molar-refractivity contribution in [2.75, 3.05) is 17.7 Å². The van der Waals surface area contributed by atoms with Crippen LogP contribution >= 0.6 is 23.4 Å². The van der Waals surface area contributed by atoms with Crippen molar-refractivity contribution in [1.82, 2.24) is 0 Å². The number of nitrogens with one attached hydrogen (secondary N) is 2. The summed E-state index contributed by atoms with van der Waals surface area (Å²) in [4.78, 5) is 36.6. The van der Waals surface area contributed by atoms with Gasteiger partial charge in [0.1, 0.15) is 5.75 Å². The van der Waals surface area contributed by atoms with Gasteiger partial charge in [0.2, 0.25) is 5.91 Å². The van der Waals surface area contributed by atoms with Crippen LogP contribution < -0.4 is 15.4 Å². The fourth-order valence-corrected chi connectivity index (χ4v) is 4.27. The minimum absolute atomic E-state index is 0.162. The summed E-state index contributed by atoms with van der Waals surface area (Å²) in [5.41, 5.74) is 1.00. The van der Waals surface area contributed by atoms with Crippen molar-refractivity contribution in [3.63, 3.8) is 0 Å². The van der Waals surface area contributed by atoms with E-state index in [1.807, 2.05) is 13.0 Å². The normalized spacial score (nSPS) is 11.4. The van der Waals surface area contributed by atoms with Gasteiger partial charge in [0.05, 0.1) is 23.0 Å². The van der Waals surface area contributed by atoms with Crippen molar-refractivity contribution in [3.05, 3.63) is 87.4 Å². The molecule has 10 heteroatoms. The number of carbonyl (C=O) groups excluding carboxylic acids is 2. The lowest BCUT2D eigenvalue weighted by atomic mass is 10.2. The predicted octanol–water partition coefficient (Wildman–Crippen LogP) is 6.02. The number of anilines is 2. The Labute approximate surface area is 205 Å². The molecule has 2 N–H and O–H groups in total. The van der Waals surface area contributed by atoms with Crippen molar-refractivity contribution in [2.24, 2.45) is 0 Å². The van der Waals surface area contributed by atoms with E-state index in [2.05, 4.69) is 10.6 Å². The van der Waals surface area contributed by atoms with E-state index in [0.717, 1.165) is 4.90 Å². The molecule has 8 nitrogen and oxygen atoms in total. The van der Waals surface area contributed by atoms with Gasteiger partial charge in [-0.15, -0.1) is 11.8 Å². The highest BCUT2D eigenvalue weighted by atomic mass is 35.5. The number of hydrogen-bond donors (Lipinski definition) is 2. The first-order valence-electron chi connectivity index (χ1n) is 10.3. The van der Waals surface area contributed by atoms with Crippen LogP contribution in [0.3, 0.4) is 0 Å². The molecular weight excluding hydrogens is 478 g/mol. The van der Waals surface area contributed by atoms with Gasteiger partial charge in [-0.05, 0) is 48.9 Å². The summed E-state index contributed by atoms with van der Waals surface area (Å²) in [5, 5.41) is 16.6. The average Bonchev–Trinajstić information content (AvgIpc) is 2.83. The number of thioether (sulfide) groups is 1. The van der Waals surface area contributed by atoms with Crippen LogP contribution in [0.25, 0.3) is 0 Å². The maximum absolute atomic E-state index is 12.9. The highest BCUT2D eigenvalue weighted by molar-refractivity contribution is 8.00. The number of halogens is 1. The molecule has 0 aliphatic heterocycles. The molecule has 34 heavy (non-hydrogen) atoms. The van der Waals surface area contributed by atoms with Crippen LogP contribution in [0.5, 0.6) is 5.75 Å². The van der Waals surface area contributed by atoms with Crippen LogP contribution in [0.2, 0.25) is 5.02 Å². The zero-order valence-electron chi connectivity index (χ0n) is 18.4. The van der Waals surface area contributed by atoms with Crippen LogP contribution in [-0.4, -0.2) is 29.1 Å². The number of non-ortho nitro benzene ring substituents is 1. The van der Waals surface area contributed by atoms with E-state index in [1.54, 1.807) is 36.4 Å². The van der Waals surface area contributed by atoms with Crippen LogP contribution in [0.4, 0.5) is 17.1 Å². The topological polar surface area (TPSA) is 111 Å². The summed E-state index contributed by atoms with van der Waals surface area (Å²) < 4.78 is 5.28. The van der Waals surface area contributed by atoms with E-state index in [-0.39, 0.29) is 17.2 Å². The van der Waals surface area contributed by atoms with Crippen molar-refractivity contribution in [2.45, 2.75) is 23.5 Å². The molecule has 0 aliphatic rings. The monoisotopic (exact) mass is 499 g/mol. The summed E-state index contributed by atoms with van der Waals surface area (Å²) in [6.45, 7) is 1.90. The Morgan fingerprint density at radius 2 is 1.85 bits per heavy atom.